The van der Waals surface area contributed by atoms with Crippen molar-refractivity contribution < 1.29 is 18.0 Å². The van der Waals surface area contributed by atoms with E-state index in [-0.39, 0.29) is 11.8 Å². The predicted octanol–water partition coefficient (Wildman–Crippen LogP) is 2.93. The average molecular weight is 417 g/mol. The highest BCUT2D eigenvalue weighted by Gasteiger charge is 2.30. The Morgan fingerprint density at radius 3 is 2.57 bits per heavy atom. The third-order valence-corrected chi connectivity index (χ3v) is 4.89. The maximum Gasteiger partial charge on any atom is 0.416 e. The molecule has 11 heteroatoms. The number of amides is 1. The molecular weight excluding hydrogens is 399 g/mol. The van der Waals surface area contributed by atoms with Crippen LogP contribution in [0.5, 0.6) is 0 Å². The second kappa shape index (κ2) is 8.09. The summed E-state index contributed by atoms with van der Waals surface area (Å²) in [6.07, 6.45) is 1.43. The number of carbonyl (C=O) groups is 1. The monoisotopic (exact) mass is 417 g/mol. The molecule has 1 aromatic carbocycles. The molecule has 8 nitrogen and oxygen atoms in total. The summed E-state index contributed by atoms with van der Waals surface area (Å²) in [4.78, 5) is 27.0. The summed E-state index contributed by atoms with van der Waals surface area (Å²) in [5.74, 6) is 0.687. The smallest absolute Gasteiger partial charge is 0.356 e. The number of piperidine rings is 1. The fourth-order valence-electron chi connectivity index (χ4n) is 3.35. The number of benzene rings is 1. The van der Waals surface area contributed by atoms with E-state index >= 15 is 0 Å². The summed E-state index contributed by atoms with van der Waals surface area (Å²) in [7, 11) is 0. The molecule has 1 unspecified atom stereocenters. The van der Waals surface area contributed by atoms with Crippen molar-refractivity contribution in [2.75, 3.05) is 23.3 Å². The maximum atomic E-state index is 12.7. The van der Waals surface area contributed by atoms with Crippen molar-refractivity contribution in [2.24, 2.45) is 5.92 Å². The van der Waals surface area contributed by atoms with Crippen LogP contribution < -0.4 is 10.2 Å². The van der Waals surface area contributed by atoms with Crippen molar-refractivity contribution in [3.8, 4) is 5.82 Å². The standard InChI is InChI=1S/C19H18F3N7O/c20-19(21,22)14-3-5-15(6-4-14)27-18(30)13-2-1-7-28(9-13)16-8-17(25-11-24-16)29-12-23-10-26-29/h3-6,8,10-13H,1-2,7,9H2,(H,27,30). The second-order valence-corrected chi connectivity index (χ2v) is 6.92. The van der Waals surface area contributed by atoms with Crippen LogP contribution in [0.25, 0.3) is 5.82 Å². The van der Waals surface area contributed by atoms with E-state index in [2.05, 4.69) is 25.4 Å². The van der Waals surface area contributed by atoms with Gasteiger partial charge in [-0.3, -0.25) is 4.79 Å². The van der Waals surface area contributed by atoms with Gasteiger partial charge in [0.25, 0.3) is 0 Å². The van der Waals surface area contributed by atoms with Crippen LogP contribution in [0.4, 0.5) is 24.7 Å². The molecule has 30 heavy (non-hydrogen) atoms. The van der Waals surface area contributed by atoms with Crippen LogP contribution >= 0.6 is 0 Å². The van der Waals surface area contributed by atoms with Crippen molar-refractivity contribution in [2.45, 2.75) is 19.0 Å². The lowest BCUT2D eigenvalue weighted by Gasteiger charge is -2.32. The Morgan fingerprint density at radius 2 is 1.87 bits per heavy atom. The molecule has 4 rings (SSSR count). The van der Waals surface area contributed by atoms with Crippen molar-refractivity contribution in [3.05, 3.63) is 54.9 Å². The molecule has 1 aliphatic rings. The molecular formula is C19H18F3N7O. The van der Waals surface area contributed by atoms with Crippen LogP contribution in [-0.2, 0) is 11.0 Å². The van der Waals surface area contributed by atoms with Gasteiger partial charge < -0.3 is 10.2 Å². The van der Waals surface area contributed by atoms with Gasteiger partial charge in [0, 0.05) is 24.8 Å². The number of hydrogen-bond donors (Lipinski definition) is 1. The van der Waals surface area contributed by atoms with Crippen LogP contribution in [0.3, 0.4) is 0 Å². The largest absolute Gasteiger partial charge is 0.416 e. The summed E-state index contributed by atoms with van der Waals surface area (Å²) >= 11 is 0. The van der Waals surface area contributed by atoms with Crippen molar-refractivity contribution in [1.29, 1.82) is 0 Å². The number of hydrogen-bond acceptors (Lipinski definition) is 6. The number of nitrogens with one attached hydrogen (secondary N) is 1. The molecule has 1 fully saturated rings. The first-order chi connectivity index (χ1) is 14.4. The lowest BCUT2D eigenvalue weighted by Crippen LogP contribution is -2.41. The second-order valence-electron chi connectivity index (χ2n) is 6.92. The van der Waals surface area contributed by atoms with Gasteiger partial charge >= 0.3 is 6.18 Å². The highest BCUT2D eigenvalue weighted by Crippen LogP contribution is 2.30. The van der Waals surface area contributed by atoms with E-state index in [0.717, 1.165) is 25.1 Å². The summed E-state index contributed by atoms with van der Waals surface area (Å²) in [5, 5.41) is 6.75. The van der Waals surface area contributed by atoms with Gasteiger partial charge in [0.05, 0.1) is 11.5 Å². The number of carbonyl (C=O) groups excluding carboxylic acids is 1. The minimum Gasteiger partial charge on any atom is -0.356 e. The van der Waals surface area contributed by atoms with Gasteiger partial charge in [-0.15, -0.1) is 0 Å². The Labute approximate surface area is 169 Å². The number of anilines is 2. The molecule has 0 saturated carbocycles. The summed E-state index contributed by atoms with van der Waals surface area (Å²) in [6, 6.07) is 6.20. The van der Waals surface area contributed by atoms with Crippen LogP contribution in [-0.4, -0.2) is 43.7 Å². The Morgan fingerprint density at radius 1 is 1.10 bits per heavy atom. The van der Waals surface area contributed by atoms with Gasteiger partial charge in [-0.25, -0.2) is 19.6 Å². The molecule has 2 aromatic heterocycles. The molecule has 3 aromatic rings. The van der Waals surface area contributed by atoms with Crippen molar-refractivity contribution in [1.82, 2.24) is 24.7 Å². The zero-order valence-corrected chi connectivity index (χ0v) is 15.8. The molecule has 1 N–H and O–H groups in total. The number of aromatic nitrogens is 5. The van der Waals surface area contributed by atoms with Crippen molar-refractivity contribution >= 4 is 17.4 Å². The van der Waals surface area contributed by atoms with E-state index in [1.54, 1.807) is 6.07 Å². The molecule has 0 radical (unpaired) electrons. The fraction of sp³-hybridized carbons (Fsp3) is 0.316. The minimum atomic E-state index is -4.41. The topological polar surface area (TPSA) is 88.8 Å². The molecule has 0 bridgehead atoms. The molecule has 1 saturated heterocycles. The number of nitrogens with zero attached hydrogens (tertiary/aromatic N) is 6. The van der Waals surface area contributed by atoms with Gasteiger partial charge in [0.1, 0.15) is 24.8 Å². The minimum absolute atomic E-state index is 0.231. The summed E-state index contributed by atoms with van der Waals surface area (Å²) < 4.78 is 39.6. The number of rotatable bonds is 4. The molecule has 3 heterocycles. The number of halogens is 3. The Bertz CT molecular complexity index is 1010. The van der Waals surface area contributed by atoms with Gasteiger partial charge in [-0.1, -0.05) is 0 Å². The van der Waals surface area contributed by atoms with E-state index in [1.807, 2.05) is 4.90 Å². The van der Waals surface area contributed by atoms with E-state index in [1.165, 1.54) is 35.8 Å². The summed E-state index contributed by atoms with van der Waals surface area (Å²) in [6.45, 7) is 1.18. The van der Waals surface area contributed by atoms with Gasteiger partial charge in [-0.05, 0) is 37.1 Å². The third kappa shape index (κ3) is 4.39. The van der Waals surface area contributed by atoms with Crippen LogP contribution in [0, 0.1) is 5.92 Å². The SMILES string of the molecule is O=C(Nc1ccc(C(F)(F)F)cc1)C1CCCN(c2cc(-n3cncn3)ncn2)C1. The van der Waals surface area contributed by atoms with E-state index < -0.39 is 11.7 Å². The summed E-state index contributed by atoms with van der Waals surface area (Å²) in [5.41, 5.74) is -0.420. The predicted molar refractivity (Wildman–Crippen MR) is 102 cm³/mol. The van der Waals surface area contributed by atoms with Gasteiger partial charge in [0.15, 0.2) is 5.82 Å². The number of alkyl halides is 3. The van der Waals surface area contributed by atoms with Gasteiger partial charge in [-0.2, -0.15) is 18.3 Å². The molecule has 0 aliphatic carbocycles. The first-order valence-electron chi connectivity index (χ1n) is 9.30. The quantitative estimate of drug-likeness (QED) is 0.702. The van der Waals surface area contributed by atoms with E-state index in [9.17, 15) is 18.0 Å². The Hall–Kier alpha value is -3.50. The highest BCUT2D eigenvalue weighted by molar-refractivity contribution is 5.93. The molecule has 1 atom stereocenters. The van der Waals surface area contributed by atoms with Crippen LogP contribution in [0.1, 0.15) is 18.4 Å². The molecule has 156 valence electrons. The molecule has 1 amide bonds. The maximum absolute atomic E-state index is 12.7. The molecule has 0 spiro atoms. The third-order valence-electron chi connectivity index (χ3n) is 4.89. The zero-order valence-electron chi connectivity index (χ0n) is 15.8. The Balaban J connectivity index is 1.42. The molecule has 1 aliphatic heterocycles. The lowest BCUT2D eigenvalue weighted by molar-refractivity contribution is -0.137. The fourth-order valence-corrected chi connectivity index (χ4v) is 3.35. The first kappa shape index (κ1) is 19.8. The van der Waals surface area contributed by atoms with E-state index in [4.69, 9.17) is 0 Å². The van der Waals surface area contributed by atoms with Crippen LogP contribution in [0.2, 0.25) is 0 Å². The highest BCUT2D eigenvalue weighted by atomic mass is 19.4. The van der Waals surface area contributed by atoms with Crippen molar-refractivity contribution in [3.63, 3.8) is 0 Å². The first-order valence-corrected chi connectivity index (χ1v) is 9.30. The average Bonchev–Trinajstić information content (AvgIpc) is 3.29. The van der Waals surface area contributed by atoms with Crippen LogP contribution in [0.15, 0.2) is 49.3 Å². The van der Waals surface area contributed by atoms with Gasteiger partial charge in [0.2, 0.25) is 5.91 Å². The normalized spacial score (nSPS) is 17.0. The zero-order chi connectivity index (χ0) is 21.1. The van der Waals surface area contributed by atoms with E-state index in [0.29, 0.717) is 30.3 Å². The lowest BCUT2D eigenvalue weighted by atomic mass is 9.97. The Kier molecular flexibility index (Phi) is 5.34.